The summed E-state index contributed by atoms with van der Waals surface area (Å²) in [6, 6.07) is 9.62. The summed E-state index contributed by atoms with van der Waals surface area (Å²) in [6.07, 6.45) is -0.621. The van der Waals surface area contributed by atoms with Gasteiger partial charge in [0.25, 0.3) is 11.8 Å². The number of hydrogen-bond acceptors (Lipinski definition) is 6. The first-order valence-electron chi connectivity index (χ1n) is 8.98. The van der Waals surface area contributed by atoms with E-state index in [2.05, 4.69) is 15.6 Å². The normalized spacial score (nSPS) is 11.3. The molecule has 30 heavy (non-hydrogen) atoms. The van der Waals surface area contributed by atoms with E-state index >= 15 is 0 Å². The third-order valence-corrected chi connectivity index (χ3v) is 4.74. The summed E-state index contributed by atoms with van der Waals surface area (Å²) in [4.78, 5) is 28.0. The van der Waals surface area contributed by atoms with Crippen LogP contribution in [0.15, 0.2) is 30.3 Å². The van der Waals surface area contributed by atoms with Gasteiger partial charge in [-0.2, -0.15) is 5.26 Å². The number of aliphatic hydroxyl groups is 1. The number of hydrogen-bond donors (Lipinski definition) is 3. The van der Waals surface area contributed by atoms with Gasteiger partial charge in [-0.1, -0.05) is 23.2 Å². The Morgan fingerprint density at radius 2 is 2.00 bits per heavy atom. The number of halogens is 2. The lowest BCUT2D eigenvalue weighted by Gasteiger charge is -2.13. The van der Waals surface area contributed by atoms with Crippen molar-refractivity contribution < 1.29 is 19.4 Å². The van der Waals surface area contributed by atoms with Gasteiger partial charge in [0.2, 0.25) is 0 Å². The summed E-state index contributed by atoms with van der Waals surface area (Å²) >= 11 is 11.7. The first-order valence-corrected chi connectivity index (χ1v) is 9.74. The summed E-state index contributed by atoms with van der Waals surface area (Å²) in [5.41, 5.74) is 1.06. The average molecular weight is 451 g/mol. The molecule has 0 aliphatic heterocycles. The molecule has 10 heteroatoms. The van der Waals surface area contributed by atoms with Crippen molar-refractivity contribution in [2.75, 3.05) is 19.7 Å². The second-order valence-corrected chi connectivity index (χ2v) is 7.12. The van der Waals surface area contributed by atoms with Crippen LogP contribution < -0.4 is 15.4 Å². The maximum Gasteiger partial charge on any atom is 0.269 e. The molecule has 158 valence electrons. The molecule has 1 heterocycles. The molecule has 0 aliphatic carbocycles. The van der Waals surface area contributed by atoms with Crippen LogP contribution in [0.4, 0.5) is 0 Å². The molecule has 0 unspecified atom stereocenters. The van der Waals surface area contributed by atoms with E-state index in [1.807, 2.05) is 6.07 Å². The molecule has 0 bridgehead atoms. The SMILES string of the molecule is Cc1nc(C(=O)NCC[C@H](O)CNC(=O)COc2ccc(Cl)c(Cl)c2)ccc1C#N. The van der Waals surface area contributed by atoms with Crippen molar-refractivity contribution in [3.8, 4) is 11.8 Å². The molecule has 0 saturated heterocycles. The number of nitriles is 1. The van der Waals surface area contributed by atoms with Gasteiger partial charge in [0.1, 0.15) is 17.5 Å². The zero-order valence-corrected chi connectivity index (χ0v) is 17.6. The third-order valence-electron chi connectivity index (χ3n) is 4.00. The van der Waals surface area contributed by atoms with Crippen LogP contribution in [0.2, 0.25) is 10.0 Å². The van der Waals surface area contributed by atoms with Crippen molar-refractivity contribution in [3.63, 3.8) is 0 Å². The second-order valence-electron chi connectivity index (χ2n) is 6.31. The van der Waals surface area contributed by atoms with E-state index < -0.39 is 17.9 Å². The molecule has 0 spiro atoms. The van der Waals surface area contributed by atoms with Gasteiger partial charge in [-0.25, -0.2) is 4.98 Å². The summed E-state index contributed by atoms with van der Waals surface area (Å²) in [5.74, 6) is -0.426. The number of benzene rings is 1. The Hall–Kier alpha value is -2.86. The molecule has 1 atom stereocenters. The Balaban J connectivity index is 1.66. The highest BCUT2D eigenvalue weighted by atomic mass is 35.5. The van der Waals surface area contributed by atoms with Crippen LogP contribution in [0, 0.1) is 18.3 Å². The van der Waals surface area contributed by atoms with Crippen molar-refractivity contribution in [3.05, 3.63) is 57.3 Å². The number of carbonyl (C=O) groups is 2. The van der Waals surface area contributed by atoms with Gasteiger partial charge in [-0.3, -0.25) is 9.59 Å². The maximum atomic E-state index is 12.1. The number of ether oxygens (including phenoxy) is 1. The smallest absolute Gasteiger partial charge is 0.269 e. The number of aryl methyl sites for hydroxylation is 1. The number of nitrogens with one attached hydrogen (secondary N) is 2. The van der Waals surface area contributed by atoms with Gasteiger partial charge in [0.05, 0.1) is 27.4 Å². The van der Waals surface area contributed by atoms with Crippen LogP contribution in [0.5, 0.6) is 5.75 Å². The number of pyridine rings is 1. The minimum Gasteiger partial charge on any atom is -0.484 e. The summed E-state index contributed by atoms with van der Waals surface area (Å²) in [5, 5.41) is 24.7. The van der Waals surface area contributed by atoms with Crippen molar-refractivity contribution in [1.82, 2.24) is 15.6 Å². The molecular weight excluding hydrogens is 431 g/mol. The molecule has 8 nitrogen and oxygen atoms in total. The molecule has 2 amide bonds. The highest BCUT2D eigenvalue weighted by molar-refractivity contribution is 6.42. The number of rotatable bonds is 9. The zero-order valence-electron chi connectivity index (χ0n) is 16.1. The fourth-order valence-corrected chi connectivity index (χ4v) is 2.64. The highest BCUT2D eigenvalue weighted by Gasteiger charge is 2.12. The molecular formula is C20H20Cl2N4O4. The van der Waals surface area contributed by atoms with Crippen molar-refractivity contribution >= 4 is 35.0 Å². The van der Waals surface area contributed by atoms with E-state index in [9.17, 15) is 14.7 Å². The Morgan fingerprint density at radius 1 is 1.23 bits per heavy atom. The van der Waals surface area contributed by atoms with Gasteiger partial charge in [-0.15, -0.1) is 0 Å². The fourth-order valence-electron chi connectivity index (χ4n) is 2.35. The lowest BCUT2D eigenvalue weighted by atomic mass is 10.2. The van der Waals surface area contributed by atoms with E-state index in [4.69, 9.17) is 33.2 Å². The quantitative estimate of drug-likeness (QED) is 0.537. The van der Waals surface area contributed by atoms with Crippen molar-refractivity contribution in [2.45, 2.75) is 19.4 Å². The van der Waals surface area contributed by atoms with Gasteiger partial charge < -0.3 is 20.5 Å². The van der Waals surface area contributed by atoms with Gasteiger partial charge >= 0.3 is 0 Å². The van der Waals surface area contributed by atoms with Crippen molar-refractivity contribution in [2.24, 2.45) is 0 Å². The lowest BCUT2D eigenvalue weighted by Crippen LogP contribution is -2.37. The molecule has 0 saturated carbocycles. The van der Waals surface area contributed by atoms with Crippen LogP contribution in [0.1, 0.15) is 28.2 Å². The van der Waals surface area contributed by atoms with Gasteiger partial charge in [0, 0.05) is 19.2 Å². The summed E-state index contributed by atoms with van der Waals surface area (Å²) in [6.45, 7) is 1.60. The summed E-state index contributed by atoms with van der Waals surface area (Å²) in [7, 11) is 0. The lowest BCUT2D eigenvalue weighted by molar-refractivity contribution is -0.123. The number of carbonyl (C=O) groups excluding carboxylic acids is 2. The van der Waals surface area contributed by atoms with E-state index in [-0.39, 0.29) is 31.8 Å². The van der Waals surface area contributed by atoms with E-state index in [0.29, 0.717) is 27.1 Å². The first kappa shape index (κ1) is 23.4. The predicted molar refractivity (Wildman–Crippen MR) is 112 cm³/mol. The Bertz CT molecular complexity index is 962. The van der Waals surface area contributed by atoms with Crippen LogP contribution in [0.25, 0.3) is 0 Å². The minimum atomic E-state index is -0.852. The van der Waals surface area contributed by atoms with E-state index in [1.54, 1.807) is 19.1 Å². The van der Waals surface area contributed by atoms with Crippen LogP contribution >= 0.6 is 23.2 Å². The van der Waals surface area contributed by atoms with Gasteiger partial charge in [0.15, 0.2) is 6.61 Å². The molecule has 2 rings (SSSR count). The monoisotopic (exact) mass is 450 g/mol. The standard InChI is InChI=1S/C20H20Cl2N4O4/c1-12-13(9-23)2-5-18(26-12)20(29)24-7-6-14(27)10-25-19(28)11-30-15-3-4-16(21)17(22)8-15/h2-5,8,14,27H,6-7,10-11H2,1H3,(H,24,29)(H,25,28)/t14-/m0/s1. The van der Waals surface area contributed by atoms with E-state index in [0.717, 1.165) is 0 Å². The maximum absolute atomic E-state index is 12.1. The molecule has 0 aliphatic rings. The Kier molecular flexibility index (Phi) is 8.87. The molecule has 1 aromatic heterocycles. The first-order chi connectivity index (χ1) is 14.3. The highest BCUT2D eigenvalue weighted by Crippen LogP contribution is 2.26. The molecule has 2 aromatic rings. The van der Waals surface area contributed by atoms with E-state index in [1.165, 1.54) is 18.2 Å². The minimum absolute atomic E-state index is 0.00760. The predicted octanol–water partition coefficient (Wildman–Crippen LogP) is 2.24. The Labute approximate surface area is 183 Å². The molecule has 0 fully saturated rings. The van der Waals surface area contributed by atoms with Crippen LogP contribution in [-0.2, 0) is 4.79 Å². The van der Waals surface area contributed by atoms with Gasteiger partial charge in [-0.05, 0) is 37.6 Å². The average Bonchev–Trinajstić information content (AvgIpc) is 2.72. The molecule has 1 aromatic carbocycles. The number of amides is 2. The topological polar surface area (TPSA) is 124 Å². The molecule has 0 radical (unpaired) electrons. The second kappa shape index (κ2) is 11.4. The molecule has 3 N–H and O–H groups in total. The summed E-state index contributed by atoms with van der Waals surface area (Å²) < 4.78 is 5.30. The zero-order chi connectivity index (χ0) is 22.1. The third kappa shape index (κ3) is 7.19. The number of aromatic nitrogens is 1. The van der Waals surface area contributed by atoms with Crippen molar-refractivity contribution in [1.29, 1.82) is 5.26 Å². The van der Waals surface area contributed by atoms with Crippen LogP contribution in [-0.4, -0.2) is 47.7 Å². The fraction of sp³-hybridized carbons (Fsp3) is 0.300. The number of aliphatic hydroxyl groups excluding tert-OH is 1. The van der Waals surface area contributed by atoms with Crippen LogP contribution in [0.3, 0.4) is 0 Å². The largest absolute Gasteiger partial charge is 0.484 e. The number of nitrogens with zero attached hydrogens (tertiary/aromatic N) is 2. The Morgan fingerprint density at radius 3 is 2.67 bits per heavy atom.